The average molecular weight is 570 g/mol. The molecular formula is C25H36N3O10P. The number of rotatable bonds is 12. The molecule has 1 aromatic heterocycles. The van der Waals surface area contributed by atoms with Gasteiger partial charge in [-0.25, -0.2) is 9.36 Å². The number of hydrogen-bond donors (Lipinski definition) is 4. The normalized spacial score (nSPS) is 26.1. The Bertz CT molecular complexity index is 1280. The summed E-state index contributed by atoms with van der Waals surface area (Å²) in [5.74, 6) is -0.182. The third-order valence-electron chi connectivity index (χ3n) is 6.06. The number of benzene rings is 1. The number of aromatic amines is 1. The highest BCUT2D eigenvalue weighted by molar-refractivity contribution is 7.52. The van der Waals surface area contributed by atoms with Gasteiger partial charge in [-0.05, 0) is 45.2 Å². The second-order valence-electron chi connectivity index (χ2n) is 10.1. The number of aromatic nitrogens is 2. The van der Waals surface area contributed by atoms with Gasteiger partial charge in [-0.2, -0.15) is 5.09 Å². The topological polar surface area (TPSA) is 178 Å². The van der Waals surface area contributed by atoms with Crippen molar-refractivity contribution in [1.82, 2.24) is 14.6 Å². The molecule has 2 heterocycles. The number of esters is 1. The first-order valence-corrected chi connectivity index (χ1v) is 14.1. The first kappa shape index (κ1) is 30.7. The van der Waals surface area contributed by atoms with E-state index in [0.29, 0.717) is 12.3 Å². The fourth-order valence-corrected chi connectivity index (χ4v) is 5.68. The van der Waals surface area contributed by atoms with Gasteiger partial charge in [0.25, 0.3) is 5.56 Å². The number of H-pyrrole nitrogens is 1. The van der Waals surface area contributed by atoms with E-state index in [0.717, 1.165) is 16.8 Å². The summed E-state index contributed by atoms with van der Waals surface area (Å²) in [5, 5.41) is 24.2. The number of aliphatic hydroxyl groups is 2. The Balaban J connectivity index is 1.77. The van der Waals surface area contributed by atoms with E-state index in [9.17, 15) is 29.2 Å². The molecule has 3 rings (SSSR count). The Labute approximate surface area is 225 Å². The number of carbonyl (C=O) groups excluding carboxylic acids is 1. The van der Waals surface area contributed by atoms with Crippen LogP contribution in [-0.4, -0.2) is 62.3 Å². The number of nitrogens with one attached hydrogen (secondary N) is 2. The molecule has 1 fully saturated rings. The van der Waals surface area contributed by atoms with Crippen molar-refractivity contribution >= 4 is 13.7 Å². The predicted octanol–water partition coefficient (Wildman–Crippen LogP) is 1.71. The van der Waals surface area contributed by atoms with Crippen molar-refractivity contribution in [3.8, 4) is 5.75 Å². The van der Waals surface area contributed by atoms with Gasteiger partial charge in [0.2, 0.25) is 0 Å². The van der Waals surface area contributed by atoms with Gasteiger partial charge in [-0.15, -0.1) is 0 Å². The van der Waals surface area contributed by atoms with E-state index >= 15 is 0 Å². The molecule has 0 spiro atoms. The lowest BCUT2D eigenvalue weighted by Gasteiger charge is -2.27. The molecule has 1 aliphatic rings. The minimum Gasteiger partial charge on any atom is -0.461 e. The minimum absolute atomic E-state index is 0.180. The maximum absolute atomic E-state index is 13.8. The highest BCUT2D eigenvalue weighted by Gasteiger charge is 2.54. The molecule has 216 valence electrons. The van der Waals surface area contributed by atoms with Gasteiger partial charge < -0.3 is 24.2 Å². The summed E-state index contributed by atoms with van der Waals surface area (Å²) in [5.41, 5.74) is -3.50. The van der Waals surface area contributed by atoms with Crippen molar-refractivity contribution in [3.05, 3.63) is 63.4 Å². The summed E-state index contributed by atoms with van der Waals surface area (Å²) < 4.78 is 37.0. The zero-order chi connectivity index (χ0) is 29.0. The van der Waals surface area contributed by atoms with Gasteiger partial charge >= 0.3 is 19.4 Å². The standard InChI is InChI=1S/C25H36N3O10P/c1-15(2)13-16(3)36-22(31)17(4)27-39(34,38-18-9-7-6-8-10-18)35-14-19-21(30)25(5,33)23(37-19)28-12-11-20(29)26-24(28)32/h6-12,15-17,19,21,23,30,33H,13-14H2,1-5H3,(H,27,34)(H,26,29,32)/t16?,17-,19+,21+,23+,25+,39+/m0/s1. The van der Waals surface area contributed by atoms with Crippen molar-refractivity contribution in [2.24, 2.45) is 5.92 Å². The molecule has 0 saturated carbocycles. The van der Waals surface area contributed by atoms with E-state index in [1.165, 1.54) is 26.0 Å². The van der Waals surface area contributed by atoms with Crippen molar-refractivity contribution in [2.75, 3.05) is 6.61 Å². The molecular weight excluding hydrogens is 533 g/mol. The summed E-state index contributed by atoms with van der Waals surface area (Å²) in [6.45, 7) is 7.88. The molecule has 2 aromatic rings. The van der Waals surface area contributed by atoms with Gasteiger partial charge in [0.15, 0.2) is 6.23 Å². The third kappa shape index (κ3) is 7.87. The van der Waals surface area contributed by atoms with E-state index < -0.39 is 61.7 Å². The number of para-hydroxylation sites is 1. The first-order chi connectivity index (χ1) is 18.2. The number of aliphatic hydroxyl groups excluding tert-OH is 1. The summed E-state index contributed by atoms with van der Waals surface area (Å²) in [4.78, 5) is 38.4. The Hall–Kier alpha value is -2.80. The predicted molar refractivity (Wildman–Crippen MR) is 140 cm³/mol. The monoisotopic (exact) mass is 569 g/mol. The van der Waals surface area contributed by atoms with Crippen molar-refractivity contribution < 1.29 is 38.1 Å². The maximum Gasteiger partial charge on any atom is 0.459 e. The van der Waals surface area contributed by atoms with Crippen LogP contribution in [0.15, 0.2) is 52.2 Å². The molecule has 0 amide bonds. The second kappa shape index (κ2) is 12.6. The molecule has 0 bridgehead atoms. The Morgan fingerprint density at radius 2 is 1.87 bits per heavy atom. The van der Waals surface area contributed by atoms with Crippen LogP contribution in [0, 0.1) is 5.92 Å². The second-order valence-corrected chi connectivity index (χ2v) is 11.8. The Morgan fingerprint density at radius 1 is 1.21 bits per heavy atom. The molecule has 7 atom stereocenters. The number of nitrogens with zero attached hydrogens (tertiary/aromatic N) is 1. The molecule has 0 aliphatic carbocycles. The van der Waals surface area contributed by atoms with Gasteiger partial charge in [-0.3, -0.25) is 23.7 Å². The van der Waals surface area contributed by atoms with Crippen LogP contribution in [0.4, 0.5) is 0 Å². The zero-order valence-electron chi connectivity index (χ0n) is 22.5. The summed E-state index contributed by atoms with van der Waals surface area (Å²) in [6.07, 6.45) is -2.87. The molecule has 13 nitrogen and oxygen atoms in total. The SMILES string of the molecule is CC(C)CC(C)OC(=O)[C@H](C)N[P@@](=O)(OC[C@H]1O[C@@H](n2ccc(=O)[nH]c2=O)[C@](C)(O)[C@@H]1O)Oc1ccccc1. The Kier molecular flexibility index (Phi) is 9.92. The summed E-state index contributed by atoms with van der Waals surface area (Å²) in [6, 6.07) is 8.07. The van der Waals surface area contributed by atoms with Crippen LogP contribution in [0.5, 0.6) is 5.75 Å². The highest BCUT2D eigenvalue weighted by Crippen LogP contribution is 2.46. The molecule has 1 aromatic carbocycles. The van der Waals surface area contributed by atoms with E-state index in [1.807, 2.05) is 13.8 Å². The van der Waals surface area contributed by atoms with Crippen molar-refractivity contribution in [1.29, 1.82) is 0 Å². The lowest BCUT2D eigenvalue weighted by Crippen LogP contribution is -2.47. The molecule has 39 heavy (non-hydrogen) atoms. The van der Waals surface area contributed by atoms with Crippen LogP contribution >= 0.6 is 7.75 Å². The maximum atomic E-state index is 13.8. The van der Waals surface area contributed by atoms with Crippen LogP contribution in [0.25, 0.3) is 0 Å². The molecule has 1 unspecified atom stereocenters. The lowest BCUT2D eigenvalue weighted by molar-refractivity contribution is -0.150. The van der Waals surface area contributed by atoms with Gasteiger partial charge in [-0.1, -0.05) is 32.0 Å². The lowest BCUT2D eigenvalue weighted by atomic mass is 9.96. The fourth-order valence-electron chi connectivity index (χ4n) is 4.17. The van der Waals surface area contributed by atoms with E-state index in [2.05, 4.69) is 10.1 Å². The van der Waals surface area contributed by atoms with E-state index in [-0.39, 0.29) is 11.9 Å². The van der Waals surface area contributed by atoms with Crippen LogP contribution in [-0.2, 0) is 23.4 Å². The number of hydrogen-bond acceptors (Lipinski definition) is 10. The smallest absolute Gasteiger partial charge is 0.459 e. The van der Waals surface area contributed by atoms with Crippen molar-refractivity contribution in [3.63, 3.8) is 0 Å². The quantitative estimate of drug-likeness (QED) is 0.216. The highest BCUT2D eigenvalue weighted by atomic mass is 31.2. The summed E-state index contributed by atoms with van der Waals surface area (Å²) >= 11 is 0. The first-order valence-electron chi connectivity index (χ1n) is 12.6. The van der Waals surface area contributed by atoms with Crippen molar-refractivity contribution in [2.45, 2.75) is 77.2 Å². The van der Waals surface area contributed by atoms with E-state index in [1.54, 1.807) is 25.1 Å². The van der Waals surface area contributed by atoms with Gasteiger partial charge in [0, 0.05) is 12.3 Å². The van der Waals surface area contributed by atoms with Crippen LogP contribution in [0.3, 0.4) is 0 Å². The third-order valence-corrected chi connectivity index (χ3v) is 7.71. The van der Waals surface area contributed by atoms with Gasteiger partial charge in [0.1, 0.15) is 29.6 Å². The van der Waals surface area contributed by atoms with Crippen LogP contribution < -0.4 is 20.9 Å². The molecule has 1 saturated heterocycles. The molecule has 0 radical (unpaired) electrons. The summed E-state index contributed by atoms with van der Waals surface area (Å²) in [7, 11) is -4.29. The fraction of sp³-hybridized carbons (Fsp3) is 0.560. The Morgan fingerprint density at radius 3 is 2.49 bits per heavy atom. The van der Waals surface area contributed by atoms with Crippen LogP contribution in [0.1, 0.15) is 47.3 Å². The van der Waals surface area contributed by atoms with Crippen LogP contribution in [0.2, 0.25) is 0 Å². The largest absolute Gasteiger partial charge is 0.461 e. The van der Waals surface area contributed by atoms with Gasteiger partial charge in [0.05, 0.1) is 12.7 Å². The number of ether oxygens (including phenoxy) is 2. The average Bonchev–Trinajstić information content (AvgIpc) is 3.06. The molecule has 14 heteroatoms. The number of carbonyl (C=O) groups is 1. The molecule has 4 N–H and O–H groups in total. The minimum atomic E-state index is -4.29. The molecule has 1 aliphatic heterocycles. The zero-order valence-corrected chi connectivity index (χ0v) is 23.4. The van der Waals surface area contributed by atoms with E-state index in [4.69, 9.17) is 18.5 Å².